The number of likely N-dealkylation sites (tertiary alicyclic amines) is 1. The smallest absolute Gasteiger partial charge is 0.326 e. The maximum Gasteiger partial charge on any atom is 0.326 e. The van der Waals surface area contributed by atoms with Gasteiger partial charge in [-0.15, -0.1) is 0 Å². The van der Waals surface area contributed by atoms with E-state index in [1.54, 1.807) is 13.8 Å². The Hall–Kier alpha value is -3.22. The second-order valence-corrected chi connectivity index (χ2v) is 7.84. The van der Waals surface area contributed by atoms with E-state index in [-0.39, 0.29) is 18.9 Å². The minimum atomic E-state index is -1.53. The highest BCUT2D eigenvalue weighted by Crippen LogP contribution is 2.20. The van der Waals surface area contributed by atoms with Crippen molar-refractivity contribution in [3.63, 3.8) is 0 Å². The molecule has 0 aromatic carbocycles. The molecule has 1 fully saturated rings. The van der Waals surface area contributed by atoms with Crippen molar-refractivity contribution in [3.05, 3.63) is 0 Å². The Bertz CT molecular complexity index is 758. The number of carbonyl (C=O) groups excluding carboxylic acids is 4. The third-order valence-corrected chi connectivity index (χ3v) is 5.37. The molecule has 1 heterocycles. The van der Waals surface area contributed by atoms with Gasteiger partial charge in [0, 0.05) is 6.54 Å². The van der Waals surface area contributed by atoms with E-state index >= 15 is 0 Å². The number of carboxylic acids is 2. The van der Waals surface area contributed by atoms with Crippen molar-refractivity contribution in [1.82, 2.24) is 15.5 Å². The second kappa shape index (κ2) is 12.0. The lowest BCUT2D eigenvalue weighted by Crippen LogP contribution is -2.57. The van der Waals surface area contributed by atoms with Gasteiger partial charge in [0.1, 0.15) is 18.1 Å². The lowest BCUT2D eigenvalue weighted by molar-refractivity contribution is -0.148. The molecule has 0 aliphatic carbocycles. The molecular weight excluding hydrogens is 426 g/mol. The summed E-state index contributed by atoms with van der Waals surface area (Å²) in [6.07, 6.45) is -0.0912. The first-order chi connectivity index (χ1) is 14.9. The summed E-state index contributed by atoms with van der Waals surface area (Å²) >= 11 is 0. The van der Waals surface area contributed by atoms with E-state index in [9.17, 15) is 33.9 Å². The highest BCUT2D eigenvalue weighted by atomic mass is 16.4. The molecule has 8 N–H and O–H groups in total. The number of hydrogen-bond acceptors (Lipinski definition) is 7. The molecule has 1 saturated heterocycles. The van der Waals surface area contributed by atoms with E-state index < -0.39 is 72.6 Å². The first-order valence-electron chi connectivity index (χ1n) is 10.3. The number of nitrogens with one attached hydrogen (secondary N) is 2. The van der Waals surface area contributed by atoms with Crippen LogP contribution in [0.5, 0.6) is 0 Å². The lowest BCUT2D eigenvalue weighted by Gasteiger charge is -2.30. The van der Waals surface area contributed by atoms with E-state index in [0.717, 1.165) is 4.90 Å². The summed E-state index contributed by atoms with van der Waals surface area (Å²) in [5.41, 5.74) is 10.5. The molecule has 0 spiro atoms. The van der Waals surface area contributed by atoms with Gasteiger partial charge >= 0.3 is 11.9 Å². The highest BCUT2D eigenvalue weighted by molar-refractivity contribution is 5.96. The average Bonchev–Trinajstić information content (AvgIpc) is 3.18. The van der Waals surface area contributed by atoms with Crippen LogP contribution in [-0.4, -0.2) is 81.4 Å². The molecular formula is C19H31N5O8. The van der Waals surface area contributed by atoms with Crippen LogP contribution in [0.3, 0.4) is 0 Å². The molecule has 1 aliphatic rings. The van der Waals surface area contributed by atoms with Gasteiger partial charge in [-0.1, -0.05) is 20.3 Å². The average molecular weight is 457 g/mol. The normalized spacial score (nSPS) is 19.3. The zero-order valence-electron chi connectivity index (χ0n) is 18.1. The van der Waals surface area contributed by atoms with Crippen molar-refractivity contribution in [2.24, 2.45) is 17.4 Å². The third-order valence-electron chi connectivity index (χ3n) is 5.37. The first-order valence-corrected chi connectivity index (χ1v) is 10.3. The number of aliphatic carboxylic acids is 2. The number of carbonyl (C=O) groups is 6. The molecule has 0 bridgehead atoms. The topological polar surface area (TPSA) is 222 Å². The second-order valence-electron chi connectivity index (χ2n) is 7.84. The van der Waals surface area contributed by atoms with Crippen LogP contribution in [-0.2, 0) is 28.8 Å². The van der Waals surface area contributed by atoms with Crippen molar-refractivity contribution in [2.45, 2.75) is 70.1 Å². The Balaban J connectivity index is 2.99. The summed E-state index contributed by atoms with van der Waals surface area (Å²) in [6, 6.07) is -5.06. The first kappa shape index (κ1) is 26.8. The minimum Gasteiger partial charge on any atom is -0.481 e. The summed E-state index contributed by atoms with van der Waals surface area (Å²) in [5, 5.41) is 23.2. The van der Waals surface area contributed by atoms with Crippen LogP contribution in [0.1, 0.15) is 46.0 Å². The van der Waals surface area contributed by atoms with E-state index in [2.05, 4.69) is 10.6 Å². The molecule has 1 rings (SSSR count). The maximum atomic E-state index is 13.0. The largest absolute Gasteiger partial charge is 0.481 e. The van der Waals surface area contributed by atoms with E-state index in [4.69, 9.17) is 16.6 Å². The van der Waals surface area contributed by atoms with E-state index in [1.807, 2.05) is 0 Å². The Labute approximate surface area is 184 Å². The van der Waals surface area contributed by atoms with Crippen LogP contribution < -0.4 is 22.1 Å². The minimum absolute atomic E-state index is 0.122. The zero-order chi connectivity index (χ0) is 24.6. The van der Waals surface area contributed by atoms with Gasteiger partial charge in [-0.25, -0.2) is 4.79 Å². The number of hydrogen-bond donors (Lipinski definition) is 6. The Morgan fingerprint density at radius 2 is 1.72 bits per heavy atom. The lowest BCUT2D eigenvalue weighted by atomic mass is 9.98. The molecule has 32 heavy (non-hydrogen) atoms. The molecule has 0 aromatic heterocycles. The van der Waals surface area contributed by atoms with Gasteiger partial charge in [0.15, 0.2) is 0 Å². The standard InChI is InChI=1S/C19H31N5O8/c1-3-9(2)15(19(31)32)23-17(29)12-5-4-6-24(12)18(30)11(8-14(26)27)22-16(28)10(20)7-13(21)25/h9-12,15H,3-8,20H2,1-2H3,(H2,21,25)(H,22,28)(H,23,29)(H,26,27)(H,31,32). The maximum absolute atomic E-state index is 13.0. The summed E-state index contributed by atoms with van der Waals surface area (Å²) in [5.74, 6) is -6.22. The third kappa shape index (κ3) is 7.48. The van der Waals surface area contributed by atoms with Crippen LogP contribution in [0.2, 0.25) is 0 Å². The molecule has 0 saturated carbocycles. The molecule has 5 unspecified atom stereocenters. The fraction of sp³-hybridized carbons (Fsp3) is 0.684. The SMILES string of the molecule is CCC(C)C(NC(=O)C1CCCN1C(=O)C(CC(=O)O)NC(=O)C(N)CC(N)=O)C(=O)O. The number of nitrogens with zero attached hydrogens (tertiary/aromatic N) is 1. The Kier molecular flexibility index (Phi) is 10.0. The van der Waals surface area contributed by atoms with Crippen LogP contribution in [0.15, 0.2) is 0 Å². The van der Waals surface area contributed by atoms with Crippen molar-refractivity contribution in [2.75, 3.05) is 6.54 Å². The van der Waals surface area contributed by atoms with Gasteiger partial charge < -0.3 is 37.2 Å². The van der Waals surface area contributed by atoms with Crippen molar-refractivity contribution < 1.29 is 39.0 Å². The van der Waals surface area contributed by atoms with Crippen LogP contribution >= 0.6 is 0 Å². The van der Waals surface area contributed by atoms with Gasteiger partial charge in [-0.2, -0.15) is 0 Å². The number of carboxylic acid groups (broad SMARTS) is 2. The van der Waals surface area contributed by atoms with Crippen molar-refractivity contribution in [3.8, 4) is 0 Å². The van der Waals surface area contributed by atoms with Crippen LogP contribution in [0.25, 0.3) is 0 Å². The van der Waals surface area contributed by atoms with E-state index in [1.165, 1.54) is 0 Å². The number of rotatable bonds is 12. The van der Waals surface area contributed by atoms with Crippen LogP contribution in [0, 0.1) is 5.92 Å². The number of amides is 4. The highest BCUT2D eigenvalue weighted by Gasteiger charge is 2.40. The number of nitrogens with two attached hydrogens (primary N) is 2. The van der Waals surface area contributed by atoms with Crippen molar-refractivity contribution >= 4 is 35.6 Å². The fourth-order valence-corrected chi connectivity index (χ4v) is 3.40. The summed E-state index contributed by atoms with van der Waals surface area (Å²) < 4.78 is 0. The molecule has 5 atom stereocenters. The molecule has 180 valence electrons. The van der Waals surface area contributed by atoms with Gasteiger partial charge in [0.25, 0.3) is 0 Å². The molecule has 4 amide bonds. The fourth-order valence-electron chi connectivity index (χ4n) is 3.40. The molecule has 1 aliphatic heterocycles. The van der Waals surface area contributed by atoms with Crippen LogP contribution in [0.4, 0.5) is 0 Å². The molecule has 0 radical (unpaired) electrons. The molecule has 13 nitrogen and oxygen atoms in total. The van der Waals surface area contributed by atoms with Gasteiger partial charge in [0.05, 0.1) is 18.9 Å². The molecule has 13 heteroatoms. The van der Waals surface area contributed by atoms with Crippen molar-refractivity contribution in [1.29, 1.82) is 0 Å². The predicted octanol–water partition coefficient (Wildman–Crippen LogP) is -2.24. The summed E-state index contributed by atoms with van der Waals surface area (Å²) in [7, 11) is 0. The molecule has 0 aromatic rings. The Morgan fingerprint density at radius 1 is 1.09 bits per heavy atom. The summed E-state index contributed by atoms with van der Waals surface area (Å²) in [4.78, 5) is 72.7. The van der Waals surface area contributed by atoms with Gasteiger partial charge in [0.2, 0.25) is 23.6 Å². The summed E-state index contributed by atoms with van der Waals surface area (Å²) in [6.45, 7) is 3.57. The number of primary amides is 1. The van der Waals surface area contributed by atoms with E-state index in [0.29, 0.717) is 12.8 Å². The predicted molar refractivity (Wildman–Crippen MR) is 110 cm³/mol. The van der Waals surface area contributed by atoms with Gasteiger partial charge in [-0.05, 0) is 18.8 Å². The Morgan fingerprint density at radius 3 is 2.22 bits per heavy atom. The quantitative estimate of drug-likeness (QED) is 0.186. The monoisotopic (exact) mass is 457 g/mol. The van der Waals surface area contributed by atoms with Gasteiger partial charge in [-0.3, -0.25) is 24.0 Å². The zero-order valence-corrected chi connectivity index (χ0v) is 18.1.